The van der Waals surface area contributed by atoms with Crippen molar-refractivity contribution in [2.24, 2.45) is 17.1 Å². The van der Waals surface area contributed by atoms with Crippen LogP contribution in [0.2, 0.25) is 0 Å². The molecule has 1 aromatic rings. The molecule has 28 heavy (non-hydrogen) atoms. The van der Waals surface area contributed by atoms with Gasteiger partial charge in [0.15, 0.2) is 0 Å². The fraction of sp³-hybridized carbons (Fsp3) is 0.619. The second-order valence-electron chi connectivity index (χ2n) is 7.87. The van der Waals surface area contributed by atoms with Crippen molar-refractivity contribution in [2.75, 3.05) is 32.8 Å². The summed E-state index contributed by atoms with van der Waals surface area (Å²) in [5, 5.41) is 3.04. The maximum atomic E-state index is 13.0. The lowest BCUT2D eigenvalue weighted by Gasteiger charge is -2.41. The number of nitrogens with zero attached hydrogens (tertiary/aromatic N) is 1. The number of carbonyl (C=O) groups excluding carboxylic acids is 2. The standard InChI is InChI=1S/C21H31N3O3.ClH/c1-16-2-4-17(5-3-16)14-23-19(25)18-6-10-24(11-7-18)20(26)21(15-22)8-12-27-13-9-21;/h2-5,18H,6-15,22H2,1H3,(H,23,25);1H. The lowest BCUT2D eigenvalue weighted by molar-refractivity contribution is -0.149. The van der Waals surface area contributed by atoms with E-state index in [9.17, 15) is 9.59 Å². The van der Waals surface area contributed by atoms with Gasteiger partial charge in [0.05, 0.1) is 5.41 Å². The number of halogens is 1. The predicted molar refractivity (Wildman–Crippen MR) is 111 cm³/mol. The van der Waals surface area contributed by atoms with Crippen LogP contribution < -0.4 is 11.1 Å². The molecule has 156 valence electrons. The Morgan fingerprint density at radius 2 is 1.79 bits per heavy atom. The van der Waals surface area contributed by atoms with Crippen LogP contribution in [0.15, 0.2) is 24.3 Å². The van der Waals surface area contributed by atoms with E-state index in [2.05, 4.69) is 17.4 Å². The third-order valence-electron chi connectivity index (χ3n) is 6.03. The lowest BCUT2D eigenvalue weighted by Crippen LogP contribution is -2.53. The molecule has 0 saturated carbocycles. The second-order valence-corrected chi connectivity index (χ2v) is 7.87. The normalized spacial score (nSPS) is 19.6. The number of piperidine rings is 1. The van der Waals surface area contributed by atoms with Gasteiger partial charge in [-0.05, 0) is 38.2 Å². The van der Waals surface area contributed by atoms with Crippen LogP contribution >= 0.6 is 12.4 Å². The largest absolute Gasteiger partial charge is 0.381 e. The van der Waals surface area contributed by atoms with Crippen molar-refractivity contribution >= 4 is 24.2 Å². The Morgan fingerprint density at radius 1 is 1.18 bits per heavy atom. The maximum Gasteiger partial charge on any atom is 0.230 e. The Labute approximate surface area is 173 Å². The molecule has 2 amide bonds. The number of hydrogen-bond acceptors (Lipinski definition) is 4. The summed E-state index contributed by atoms with van der Waals surface area (Å²) in [5.41, 5.74) is 7.80. The van der Waals surface area contributed by atoms with E-state index in [4.69, 9.17) is 10.5 Å². The molecular formula is C21H32ClN3O3. The highest BCUT2D eigenvalue weighted by molar-refractivity contribution is 5.85. The molecule has 2 aliphatic heterocycles. The zero-order chi connectivity index (χ0) is 19.3. The molecule has 7 heteroatoms. The van der Waals surface area contributed by atoms with Crippen molar-refractivity contribution in [1.82, 2.24) is 10.2 Å². The van der Waals surface area contributed by atoms with Crippen LogP contribution in [0.25, 0.3) is 0 Å². The molecule has 0 unspecified atom stereocenters. The summed E-state index contributed by atoms with van der Waals surface area (Å²) in [5.74, 6) is 0.206. The molecule has 0 aromatic heterocycles. The molecule has 0 atom stereocenters. The smallest absolute Gasteiger partial charge is 0.230 e. The number of rotatable bonds is 5. The molecule has 0 aliphatic carbocycles. The van der Waals surface area contributed by atoms with Gasteiger partial charge < -0.3 is 20.7 Å². The van der Waals surface area contributed by atoms with Crippen LogP contribution in [-0.4, -0.2) is 49.6 Å². The number of nitrogens with one attached hydrogen (secondary N) is 1. The zero-order valence-corrected chi connectivity index (χ0v) is 17.4. The van der Waals surface area contributed by atoms with Crippen LogP contribution in [0, 0.1) is 18.3 Å². The molecule has 6 nitrogen and oxygen atoms in total. The predicted octanol–water partition coefficient (Wildman–Crippen LogP) is 2.03. The average molecular weight is 410 g/mol. The number of benzene rings is 1. The Bertz CT molecular complexity index is 651. The third kappa shape index (κ3) is 5.25. The molecule has 0 bridgehead atoms. The monoisotopic (exact) mass is 409 g/mol. The number of aryl methyl sites for hydroxylation is 1. The highest BCUT2D eigenvalue weighted by atomic mass is 35.5. The first-order chi connectivity index (χ1) is 13.0. The van der Waals surface area contributed by atoms with Crippen molar-refractivity contribution in [3.8, 4) is 0 Å². The number of amides is 2. The second kappa shape index (κ2) is 10.2. The Morgan fingerprint density at radius 3 is 2.36 bits per heavy atom. The number of nitrogens with two attached hydrogens (primary N) is 1. The number of likely N-dealkylation sites (tertiary alicyclic amines) is 1. The lowest BCUT2D eigenvalue weighted by atomic mass is 9.78. The van der Waals surface area contributed by atoms with E-state index < -0.39 is 5.41 Å². The van der Waals surface area contributed by atoms with Crippen LogP contribution in [0.3, 0.4) is 0 Å². The minimum atomic E-state index is -0.473. The van der Waals surface area contributed by atoms with E-state index >= 15 is 0 Å². The first kappa shape index (κ1) is 22.7. The van der Waals surface area contributed by atoms with Gasteiger partial charge in [-0.2, -0.15) is 0 Å². The zero-order valence-electron chi connectivity index (χ0n) is 16.6. The van der Waals surface area contributed by atoms with Gasteiger partial charge in [0.2, 0.25) is 11.8 Å². The summed E-state index contributed by atoms with van der Waals surface area (Å²) in [7, 11) is 0. The number of carbonyl (C=O) groups is 2. The van der Waals surface area contributed by atoms with Crippen molar-refractivity contribution < 1.29 is 14.3 Å². The number of ether oxygens (including phenoxy) is 1. The molecule has 0 spiro atoms. The summed E-state index contributed by atoms with van der Waals surface area (Å²) >= 11 is 0. The van der Waals surface area contributed by atoms with E-state index in [1.54, 1.807) is 0 Å². The summed E-state index contributed by atoms with van der Waals surface area (Å²) in [4.78, 5) is 27.4. The van der Waals surface area contributed by atoms with Crippen molar-refractivity contribution in [3.63, 3.8) is 0 Å². The summed E-state index contributed by atoms with van der Waals surface area (Å²) in [6.45, 7) is 5.42. The minimum Gasteiger partial charge on any atom is -0.381 e. The van der Waals surface area contributed by atoms with Crippen LogP contribution in [-0.2, 0) is 20.9 Å². The molecule has 3 rings (SSSR count). The van der Waals surface area contributed by atoms with Gasteiger partial charge in [0.1, 0.15) is 0 Å². The molecule has 1 aromatic carbocycles. The first-order valence-corrected chi connectivity index (χ1v) is 9.94. The van der Waals surface area contributed by atoms with Crippen LogP contribution in [0.1, 0.15) is 36.8 Å². The molecule has 0 radical (unpaired) electrons. The van der Waals surface area contributed by atoms with E-state index in [0.29, 0.717) is 65.1 Å². The third-order valence-corrected chi connectivity index (χ3v) is 6.03. The molecule has 2 heterocycles. The average Bonchev–Trinajstić information content (AvgIpc) is 2.73. The van der Waals surface area contributed by atoms with E-state index in [0.717, 1.165) is 5.56 Å². The fourth-order valence-corrected chi connectivity index (χ4v) is 3.99. The quantitative estimate of drug-likeness (QED) is 0.779. The SMILES string of the molecule is Cc1ccc(CNC(=O)C2CCN(C(=O)C3(CN)CCOCC3)CC2)cc1.Cl. The van der Waals surface area contributed by atoms with Crippen molar-refractivity contribution in [1.29, 1.82) is 0 Å². The van der Waals surface area contributed by atoms with Gasteiger partial charge in [-0.25, -0.2) is 0 Å². The Kier molecular flexibility index (Phi) is 8.28. The highest BCUT2D eigenvalue weighted by Gasteiger charge is 2.42. The van der Waals surface area contributed by atoms with Gasteiger partial charge in [-0.15, -0.1) is 12.4 Å². The topological polar surface area (TPSA) is 84.7 Å². The molecule has 2 aliphatic rings. The Hall–Kier alpha value is -1.63. The fourth-order valence-electron chi connectivity index (χ4n) is 3.99. The minimum absolute atomic E-state index is 0. The maximum absolute atomic E-state index is 13.0. The molecular weight excluding hydrogens is 378 g/mol. The van der Waals surface area contributed by atoms with Crippen LogP contribution in [0.4, 0.5) is 0 Å². The van der Waals surface area contributed by atoms with E-state index in [1.165, 1.54) is 5.56 Å². The number of hydrogen-bond donors (Lipinski definition) is 2. The van der Waals surface area contributed by atoms with Crippen LogP contribution in [0.5, 0.6) is 0 Å². The van der Waals surface area contributed by atoms with Gasteiger partial charge >= 0.3 is 0 Å². The van der Waals surface area contributed by atoms with Crippen molar-refractivity contribution in [2.45, 2.75) is 39.2 Å². The summed E-state index contributed by atoms with van der Waals surface area (Å²) in [6.07, 6.45) is 2.81. The molecule has 2 fully saturated rings. The van der Waals surface area contributed by atoms with Gasteiger partial charge in [-0.3, -0.25) is 9.59 Å². The van der Waals surface area contributed by atoms with Crippen molar-refractivity contribution in [3.05, 3.63) is 35.4 Å². The molecule has 2 saturated heterocycles. The highest BCUT2D eigenvalue weighted by Crippen LogP contribution is 2.33. The van der Waals surface area contributed by atoms with Gasteiger partial charge in [0, 0.05) is 45.3 Å². The van der Waals surface area contributed by atoms with E-state index in [1.807, 2.05) is 24.0 Å². The van der Waals surface area contributed by atoms with Gasteiger partial charge in [0.25, 0.3) is 0 Å². The first-order valence-electron chi connectivity index (χ1n) is 9.94. The summed E-state index contributed by atoms with van der Waals surface area (Å²) in [6, 6.07) is 8.18. The van der Waals surface area contributed by atoms with E-state index in [-0.39, 0.29) is 30.1 Å². The molecule has 3 N–H and O–H groups in total. The van der Waals surface area contributed by atoms with Gasteiger partial charge in [-0.1, -0.05) is 29.8 Å². The summed E-state index contributed by atoms with van der Waals surface area (Å²) < 4.78 is 5.40. The Balaban J connectivity index is 0.00000280.